The molecule has 0 radical (unpaired) electrons. The molecule has 0 bridgehead atoms. The molecule has 0 aliphatic heterocycles. The van der Waals surface area contributed by atoms with Gasteiger partial charge in [-0.05, 0) is 30.5 Å². The fraction of sp³-hybridized carbons (Fsp3) is 0.333. The normalized spacial score (nSPS) is 13.6. The van der Waals surface area contributed by atoms with Crippen molar-refractivity contribution >= 4 is 29.9 Å². The summed E-state index contributed by atoms with van der Waals surface area (Å²) in [6, 6.07) is 9.66. The number of ether oxygens (including phenoxy) is 3. The lowest BCUT2D eigenvalue weighted by Gasteiger charge is -2.17. The second-order valence-electron chi connectivity index (χ2n) is 6.31. The maximum absolute atomic E-state index is 5.89. The van der Waals surface area contributed by atoms with Gasteiger partial charge in [0.05, 0.1) is 14.2 Å². The van der Waals surface area contributed by atoms with E-state index in [1.165, 1.54) is 0 Å². The number of hydrogen-bond acceptors (Lipinski definition) is 5. The second kappa shape index (κ2) is 11.5. The molecule has 7 nitrogen and oxygen atoms in total. The van der Waals surface area contributed by atoms with E-state index < -0.39 is 0 Å². The first kappa shape index (κ1) is 22.8. The minimum Gasteiger partial charge on any atom is -0.493 e. The predicted molar refractivity (Wildman–Crippen MR) is 125 cm³/mol. The number of benzene rings is 1. The lowest BCUT2D eigenvalue weighted by molar-refractivity contribution is 0.342. The van der Waals surface area contributed by atoms with E-state index in [-0.39, 0.29) is 24.0 Å². The number of pyridine rings is 1. The topological polar surface area (TPSA) is 77.0 Å². The molecule has 0 spiro atoms. The maximum atomic E-state index is 5.89. The van der Waals surface area contributed by atoms with Crippen LogP contribution in [-0.2, 0) is 6.54 Å². The summed E-state index contributed by atoms with van der Waals surface area (Å²) >= 11 is 0. The van der Waals surface area contributed by atoms with Gasteiger partial charge < -0.3 is 24.8 Å². The van der Waals surface area contributed by atoms with Crippen LogP contribution in [-0.4, -0.2) is 38.3 Å². The van der Waals surface area contributed by atoms with Crippen molar-refractivity contribution in [2.75, 3.05) is 21.3 Å². The van der Waals surface area contributed by atoms with Crippen LogP contribution in [0.4, 0.5) is 0 Å². The van der Waals surface area contributed by atoms with E-state index in [1.807, 2.05) is 30.3 Å². The van der Waals surface area contributed by atoms with Gasteiger partial charge in [-0.2, -0.15) is 0 Å². The molecule has 2 N–H and O–H groups in total. The van der Waals surface area contributed by atoms with Gasteiger partial charge in [-0.25, -0.2) is 4.98 Å². The molecule has 1 aliphatic carbocycles. The smallest absolute Gasteiger partial charge is 0.219 e. The molecule has 156 valence electrons. The van der Waals surface area contributed by atoms with Crippen LogP contribution in [0.25, 0.3) is 0 Å². The van der Waals surface area contributed by atoms with Gasteiger partial charge >= 0.3 is 0 Å². The predicted octanol–water partition coefficient (Wildman–Crippen LogP) is 3.89. The van der Waals surface area contributed by atoms with Crippen LogP contribution < -0.4 is 24.8 Å². The Morgan fingerprint density at radius 3 is 2.34 bits per heavy atom. The SMILES string of the molecule is CN=C(NCc1ccc(Oc2c(OC)cccc2OC)nc1)NC1CC=CC1.I. The Kier molecular flexibility index (Phi) is 9.04. The number of methoxy groups -OCH3 is 2. The Morgan fingerprint density at radius 2 is 1.79 bits per heavy atom. The number of halogens is 1. The summed E-state index contributed by atoms with van der Waals surface area (Å²) < 4.78 is 16.6. The third kappa shape index (κ3) is 6.25. The van der Waals surface area contributed by atoms with Crippen LogP contribution in [0.5, 0.6) is 23.1 Å². The average Bonchev–Trinajstić information content (AvgIpc) is 3.25. The van der Waals surface area contributed by atoms with Crippen LogP contribution >= 0.6 is 24.0 Å². The number of rotatable bonds is 7. The molecule has 8 heteroatoms. The van der Waals surface area contributed by atoms with Gasteiger partial charge in [-0.3, -0.25) is 4.99 Å². The largest absolute Gasteiger partial charge is 0.493 e. The minimum absolute atomic E-state index is 0. The number of nitrogens with zero attached hydrogens (tertiary/aromatic N) is 2. The summed E-state index contributed by atoms with van der Waals surface area (Å²) in [5.74, 6) is 2.92. The molecule has 3 rings (SSSR count). The zero-order chi connectivity index (χ0) is 19.8. The molecule has 0 saturated heterocycles. The highest BCUT2D eigenvalue weighted by Gasteiger charge is 2.14. The summed E-state index contributed by atoms with van der Waals surface area (Å²) in [7, 11) is 4.95. The van der Waals surface area contributed by atoms with E-state index in [0.717, 1.165) is 24.4 Å². The maximum Gasteiger partial charge on any atom is 0.219 e. The first-order chi connectivity index (χ1) is 13.7. The molecule has 1 aromatic heterocycles. The summed E-state index contributed by atoms with van der Waals surface area (Å²) in [5, 5.41) is 6.72. The van der Waals surface area contributed by atoms with Gasteiger partial charge in [0, 0.05) is 31.9 Å². The molecule has 29 heavy (non-hydrogen) atoms. The molecule has 2 aromatic rings. The number of hydrogen-bond donors (Lipinski definition) is 2. The fourth-order valence-corrected chi connectivity index (χ4v) is 2.91. The molecular weight excluding hydrogens is 483 g/mol. The Labute approximate surface area is 188 Å². The average molecular weight is 510 g/mol. The molecule has 1 heterocycles. The van der Waals surface area contributed by atoms with Crippen molar-refractivity contribution in [3.05, 3.63) is 54.2 Å². The number of nitrogens with one attached hydrogen (secondary N) is 2. The minimum atomic E-state index is 0. The Bertz CT molecular complexity index is 810. The van der Waals surface area contributed by atoms with Gasteiger partial charge in [-0.1, -0.05) is 24.3 Å². The van der Waals surface area contributed by atoms with Crippen molar-refractivity contribution in [2.24, 2.45) is 4.99 Å². The van der Waals surface area contributed by atoms with Crippen LogP contribution in [0.1, 0.15) is 18.4 Å². The van der Waals surface area contributed by atoms with Gasteiger partial charge in [0.25, 0.3) is 0 Å². The molecule has 0 unspecified atom stereocenters. The molecule has 1 aliphatic rings. The van der Waals surface area contributed by atoms with E-state index in [0.29, 0.717) is 35.7 Å². The highest BCUT2D eigenvalue weighted by molar-refractivity contribution is 14.0. The number of aromatic nitrogens is 1. The zero-order valence-electron chi connectivity index (χ0n) is 16.8. The van der Waals surface area contributed by atoms with Crippen LogP contribution in [0.2, 0.25) is 0 Å². The molecule has 0 fully saturated rings. The summed E-state index contributed by atoms with van der Waals surface area (Å²) in [6.45, 7) is 0.616. The molecule has 1 aromatic carbocycles. The highest BCUT2D eigenvalue weighted by atomic mass is 127. The van der Waals surface area contributed by atoms with Gasteiger partial charge in [-0.15, -0.1) is 24.0 Å². The third-order valence-electron chi connectivity index (χ3n) is 4.42. The molecule has 0 atom stereocenters. The van der Waals surface area contributed by atoms with Crippen LogP contribution in [0.15, 0.2) is 53.7 Å². The number of guanidine groups is 1. The lowest BCUT2D eigenvalue weighted by atomic mass is 10.2. The van der Waals surface area contributed by atoms with Gasteiger partial charge in [0.1, 0.15) is 0 Å². The van der Waals surface area contributed by atoms with Crippen molar-refractivity contribution < 1.29 is 14.2 Å². The summed E-state index contributed by atoms with van der Waals surface area (Å²) in [6.07, 6.45) is 8.20. The first-order valence-corrected chi connectivity index (χ1v) is 9.19. The molecule has 0 saturated carbocycles. The third-order valence-corrected chi connectivity index (χ3v) is 4.42. The van der Waals surface area contributed by atoms with Crippen LogP contribution in [0.3, 0.4) is 0 Å². The Morgan fingerprint density at radius 1 is 1.10 bits per heavy atom. The Balaban J connectivity index is 0.00000300. The van der Waals surface area contributed by atoms with Gasteiger partial charge in [0.2, 0.25) is 11.6 Å². The summed E-state index contributed by atoms with van der Waals surface area (Å²) in [4.78, 5) is 8.66. The first-order valence-electron chi connectivity index (χ1n) is 9.19. The quantitative estimate of drug-likeness (QED) is 0.255. The van der Waals surface area contributed by atoms with Crippen LogP contribution in [0, 0.1) is 0 Å². The van der Waals surface area contributed by atoms with Crippen molar-refractivity contribution in [2.45, 2.75) is 25.4 Å². The van der Waals surface area contributed by atoms with E-state index >= 15 is 0 Å². The monoisotopic (exact) mass is 510 g/mol. The number of aliphatic imine (C=N–C) groups is 1. The van der Waals surface area contributed by atoms with E-state index in [9.17, 15) is 0 Å². The van der Waals surface area contributed by atoms with Crippen molar-refractivity contribution in [3.8, 4) is 23.1 Å². The van der Waals surface area contributed by atoms with E-state index in [4.69, 9.17) is 14.2 Å². The van der Waals surface area contributed by atoms with Crippen molar-refractivity contribution in [1.82, 2.24) is 15.6 Å². The van der Waals surface area contributed by atoms with E-state index in [1.54, 1.807) is 27.5 Å². The van der Waals surface area contributed by atoms with Crippen molar-refractivity contribution in [1.29, 1.82) is 0 Å². The van der Waals surface area contributed by atoms with Gasteiger partial charge in [0.15, 0.2) is 17.5 Å². The fourth-order valence-electron chi connectivity index (χ4n) is 2.91. The Hall–Kier alpha value is -2.49. The standard InChI is InChI=1S/C21H26N4O3.HI/c1-22-21(25-16-7-4-5-8-16)24-14-15-11-12-19(23-13-15)28-20-17(26-2)9-6-10-18(20)27-3;/h4-6,9-13,16H,7-8,14H2,1-3H3,(H2,22,24,25);1H. The van der Waals surface area contributed by atoms with Crippen molar-refractivity contribution in [3.63, 3.8) is 0 Å². The molecular formula is C21H27IN4O3. The lowest BCUT2D eigenvalue weighted by Crippen LogP contribution is -2.42. The summed E-state index contributed by atoms with van der Waals surface area (Å²) in [5.41, 5.74) is 1.02. The second-order valence-corrected chi connectivity index (χ2v) is 6.31. The number of para-hydroxylation sites is 1. The highest BCUT2D eigenvalue weighted by Crippen LogP contribution is 2.39. The molecule has 0 amide bonds. The zero-order valence-corrected chi connectivity index (χ0v) is 19.2. The van der Waals surface area contributed by atoms with E-state index in [2.05, 4.69) is 32.8 Å².